The minimum absolute atomic E-state index is 0.290. The van der Waals surface area contributed by atoms with Gasteiger partial charge in [0.05, 0.1) is 0 Å². The molecule has 108 valence electrons. The summed E-state index contributed by atoms with van der Waals surface area (Å²) in [4.78, 5) is 0. The van der Waals surface area contributed by atoms with E-state index in [1.807, 2.05) is 0 Å². The van der Waals surface area contributed by atoms with Gasteiger partial charge in [-0.05, 0) is 30.6 Å². The van der Waals surface area contributed by atoms with E-state index in [-0.39, 0.29) is 5.04 Å². The van der Waals surface area contributed by atoms with Crippen LogP contribution < -0.4 is 5.32 Å². The Bertz CT molecular complexity index is 370. The molecule has 0 bridgehead atoms. The molecule has 3 heteroatoms. The van der Waals surface area contributed by atoms with Gasteiger partial charge in [-0.25, -0.2) is 0 Å². The van der Waals surface area contributed by atoms with Crippen molar-refractivity contribution in [3.05, 3.63) is 35.9 Å². The Kier molecular flexibility index (Phi) is 5.77. The maximum absolute atomic E-state index is 6.16. The Hall–Kier alpha value is -0.643. The minimum Gasteiger partial charge on any atom is -0.416 e. The summed E-state index contributed by atoms with van der Waals surface area (Å²) in [5, 5.41) is 3.81. The first kappa shape index (κ1) is 16.4. The van der Waals surface area contributed by atoms with E-state index in [1.54, 1.807) is 0 Å². The second-order valence-electron chi connectivity index (χ2n) is 6.70. The fourth-order valence-corrected chi connectivity index (χ4v) is 2.70. The summed E-state index contributed by atoms with van der Waals surface area (Å²) >= 11 is 0. The van der Waals surface area contributed by atoms with E-state index >= 15 is 0 Å². The van der Waals surface area contributed by atoms with Crippen LogP contribution in [-0.2, 0) is 4.43 Å². The first-order valence-electron chi connectivity index (χ1n) is 7.16. The van der Waals surface area contributed by atoms with E-state index in [4.69, 9.17) is 4.43 Å². The molecule has 0 aliphatic carbocycles. The molecule has 0 unspecified atom stereocenters. The highest BCUT2D eigenvalue weighted by atomic mass is 28.4. The zero-order valence-electron chi connectivity index (χ0n) is 13.3. The van der Waals surface area contributed by atoms with Gasteiger partial charge in [-0.2, -0.15) is 0 Å². The minimum atomic E-state index is -1.60. The highest BCUT2D eigenvalue weighted by molar-refractivity contribution is 6.74. The Morgan fingerprint density at radius 3 is 2.26 bits per heavy atom. The van der Waals surface area contributed by atoms with Crippen molar-refractivity contribution in [1.29, 1.82) is 0 Å². The van der Waals surface area contributed by atoms with Crippen LogP contribution in [0, 0.1) is 0 Å². The zero-order chi connectivity index (χ0) is 14.5. The number of benzene rings is 1. The van der Waals surface area contributed by atoms with E-state index in [0.29, 0.717) is 6.04 Å². The summed E-state index contributed by atoms with van der Waals surface area (Å²) in [5.74, 6) is 0. The van der Waals surface area contributed by atoms with Crippen LogP contribution in [0.5, 0.6) is 0 Å². The van der Waals surface area contributed by atoms with Gasteiger partial charge in [0.25, 0.3) is 0 Å². The Morgan fingerprint density at radius 2 is 1.74 bits per heavy atom. The van der Waals surface area contributed by atoms with Crippen LogP contribution in [0.25, 0.3) is 0 Å². The van der Waals surface area contributed by atoms with Gasteiger partial charge in [0.2, 0.25) is 0 Å². The maximum Gasteiger partial charge on any atom is 0.192 e. The van der Waals surface area contributed by atoms with Gasteiger partial charge in [-0.1, -0.05) is 51.1 Å². The summed E-state index contributed by atoms with van der Waals surface area (Å²) in [5.41, 5.74) is 1.33. The lowest BCUT2D eigenvalue weighted by atomic mass is 10.1. The molecule has 0 aliphatic rings. The lowest BCUT2D eigenvalue weighted by Crippen LogP contribution is -2.42. The molecule has 0 fully saturated rings. The second-order valence-corrected chi connectivity index (χ2v) is 11.5. The molecular weight excluding hydrogens is 250 g/mol. The molecule has 0 aliphatic heterocycles. The largest absolute Gasteiger partial charge is 0.416 e. The molecule has 0 radical (unpaired) electrons. The topological polar surface area (TPSA) is 21.3 Å². The normalized spacial score (nSPS) is 14.4. The van der Waals surface area contributed by atoms with Crippen molar-refractivity contribution >= 4 is 8.32 Å². The van der Waals surface area contributed by atoms with Crippen LogP contribution in [0.15, 0.2) is 30.3 Å². The van der Waals surface area contributed by atoms with Gasteiger partial charge < -0.3 is 9.74 Å². The number of hydrogen-bond acceptors (Lipinski definition) is 2. The van der Waals surface area contributed by atoms with E-state index in [0.717, 1.165) is 13.2 Å². The third-order valence-corrected chi connectivity index (χ3v) is 8.66. The first-order valence-corrected chi connectivity index (χ1v) is 10.1. The maximum atomic E-state index is 6.16. The second kappa shape index (κ2) is 6.68. The SMILES string of the molecule is C[C@@H](NCCO[Si](C)(C)C(C)(C)C)c1ccccc1. The summed E-state index contributed by atoms with van der Waals surface area (Å²) in [6.45, 7) is 15.3. The predicted molar refractivity (Wildman–Crippen MR) is 86.0 cm³/mol. The molecule has 0 saturated carbocycles. The molecule has 0 heterocycles. The molecule has 19 heavy (non-hydrogen) atoms. The monoisotopic (exact) mass is 279 g/mol. The summed E-state index contributed by atoms with van der Waals surface area (Å²) in [6.07, 6.45) is 0. The molecular formula is C16H29NOSi. The lowest BCUT2D eigenvalue weighted by Gasteiger charge is -2.36. The molecule has 1 atom stereocenters. The van der Waals surface area contributed by atoms with E-state index in [2.05, 4.69) is 76.4 Å². The van der Waals surface area contributed by atoms with Crippen molar-refractivity contribution in [1.82, 2.24) is 5.32 Å². The predicted octanol–water partition coefficient (Wildman–Crippen LogP) is 4.36. The molecule has 0 aromatic heterocycles. The molecule has 0 spiro atoms. The molecule has 1 rings (SSSR count). The van der Waals surface area contributed by atoms with Crippen molar-refractivity contribution in [2.24, 2.45) is 0 Å². The smallest absolute Gasteiger partial charge is 0.192 e. The van der Waals surface area contributed by atoms with Crippen LogP contribution in [0.3, 0.4) is 0 Å². The van der Waals surface area contributed by atoms with E-state index in [1.165, 1.54) is 5.56 Å². The van der Waals surface area contributed by atoms with Crippen molar-refractivity contribution in [2.45, 2.75) is 51.9 Å². The van der Waals surface area contributed by atoms with Crippen molar-refractivity contribution < 1.29 is 4.43 Å². The van der Waals surface area contributed by atoms with E-state index < -0.39 is 8.32 Å². The van der Waals surface area contributed by atoms with Crippen LogP contribution in [0.4, 0.5) is 0 Å². The first-order chi connectivity index (χ1) is 8.74. The van der Waals surface area contributed by atoms with Gasteiger partial charge in [0, 0.05) is 19.2 Å². The van der Waals surface area contributed by atoms with Gasteiger partial charge in [0.1, 0.15) is 0 Å². The van der Waals surface area contributed by atoms with Crippen LogP contribution in [0.2, 0.25) is 18.1 Å². The molecule has 2 nitrogen and oxygen atoms in total. The average Bonchev–Trinajstić information content (AvgIpc) is 2.34. The zero-order valence-corrected chi connectivity index (χ0v) is 14.3. The molecule has 0 saturated heterocycles. The third kappa shape index (κ3) is 5.09. The summed E-state index contributed by atoms with van der Waals surface area (Å²) in [6, 6.07) is 10.9. The number of hydrogen-bond donors (Lipinski definition) is 1. The quantitative estimate of drug-likeness (QED) is 0.617. The molecule has 1 aromatic carbocycles. The van der Waals surface area contributed by atoms with E-state index in [9.17, 15) is 0 Å². The van der Waals surface area contributed by atoms with Crippen molar-refractivity contribution in [2.75, 3.05) is 13.2 Å². The third-order valence-electron chi connectivity index (χ3n) is 4.12. The number of rotatable bonds is 6. The van der Waals surface area contributed by atoms with Gasteiger partial charge >= 0.3 is 0 Å². The molecule has 1 N–H and O–H groups in total. The fourth-order valence-electron chi connectivity index (χ4n) is 1.66. The van der Waals surface area contributed by atoms with Crippen LogP contribution in [0.1, 0.15) is 39.3 Å². The number of nitrogens with one attached hydrogen (secondary N) is 1. The summed E-state index contributed by atoms with van der Waals surface area (Å²) < 4.78 is 6.16. The fraction of sp³-hybridized carbons (Fsp3) is 0.625. The lowest BCUT2D eigenvalue weighted by molar-refractivity contribution is 0.281. The van der Waals surface area contributed by atoms with Crippen LogP contribution >= 0.6 is 0 Å². The highest BCUT2D eigenvalue weighted by Gasteiger charge is 2.36. The van der Waals surface area contributed by atoms with Crippen LogP contribution in [-0.4, -0.2) is 21.5 Å². The molecule has 1 aromatic rings. The van der Waals surface area contributed by atoms with Gasteiger partial charge in [-0.3, -0.25) is 0 Å². The standard InChI is InChI=1S/C16H29NOSi/c1-14(15-10-8-7-9-11-15)17-12-13-18-19(5,6)16(2,3)4/h7-11,14,17H,12-13H2,1-6H3/t14-/m1/s1. The Balaban J connectivity index is 2.32. The Labute approximate surface area is 119 Å². The summed E-state index contributed by atoms with van der Waals surface area (Å²) in [7, 11) is -1.60. The average molecular weight is 280 g/mol. The van der Waals surface area contributed by atoms with Gasteiger partial charge in [-0.15, -0.1) is 0 Å². The van der Waals surface area contributed by atoms with Crippen molar-refractivity contribution in [3.63, 3.8) is 0 Å². The molecule has 0 amide bonds. The van der Waals surface area contributed by atoms with Gasteiger partial charge in [0.15, 0.2) is 8.32 Å². The van der Waals surface area contributed by atoms with Crippen molar-refractivity contribution in [3.8, 4) is 0 Å². The Morgan fingerprint density at radius 1 is 1.16 bits per heavy atom. The highest BCUT2D eigenvalue weighted by Crippen LogP contribution is 2.36.